The van der Waals surface area contributed by atoms with Crippen LogP contribution in [0, 0.1) is 0 Å². The Morgan fingerprint density at radius 2 is 1.96 bits per heavy atom. The molecule has 4 N–H and O–H groups in total. The molecule has 0 aliphatic carbocycles. The quantitative estimate of drug-likeness (QED) is 0.464. The number of anilines is 2. The number of rotatable bonds is 5. The average molecular weight is 379 g/mol. The van der Waals surface area contributed by atoms with E-state index in [0.29, 0.717) is 38.4 Å². The third-order valence-corrected chi connectivity index (χ3v) is 4.70. The molecule has 3 aromatic rings. The number of ether oxygens (including phenoxy) is 2. The standard InChI is InChI=1S/C16H15ClN4O3S/c1-23-11-4-3-8(5-12(11)24-2)15(22)19-9-6-10(17)14-13(7-9)25-16(20-14)21-18/h3-7H,18H2,1-2H3,(H,19,22)(H,20,21). The summed E-state index contributed by atoms with van der Waals surface area (Å²) in [4.78, 5) is 16.8. The first kappa shape index (κ1) is 17.3. The summed E-state index contributed by atoms with van der Waals surface area (Å²) in [6, 6.07) is 8.37. The van der Waals surface area contributed by atoms with Crippen molar-refractivity contribution >= 4 is 49.9 Å². The number of aromatic nitrogens is 1. The number of nitrogens with one attached hydrogen (secondary N) is 2. The SMILES string of the molecule is COc1ccc(C(=O)Nc2cc(Cl)c3nc(NN)sc3c2)cc1OC. The highest BCUT2D eigenvalue weighted by molar-refractivity contribution is 7.22. The second-order valence-electron chi connectivity index (χ2n) is 4.99. The van der Waals surface area contributed by atoms with E-state index in [1.165, 1.54) is 25.6 Å². The predicted octanol–water partition coefficient (Wildman–Crippen LogP) is 3.50. The van der Waals surface area contributed by atoms with Crippen LogP contribution in [-0.4, -0.2) is 25.1 Å². The summed E-state index contributed by atoms with van der Waals surface area (Å²) in [5.74, 6) is 6.11. The highest BCUT2D eigenvalue weighted by Crippen LogP contribution is 2.34. The normalized spacial score (nSPS) is 10.6. The highest BCUT2D eigenvalue weighted by Gasteiger charge is 2.13. The van der Waals surface area contributed by atoms with Crippen LogP contribution < -0.4 is 26.1 Å². The van der Waals surface area contributed by atoms with Crippen LogP contribution in [0.2, 0.25) is 5.02 Å². The number of amides is 1. The molecule has 0 aliphatic heterocycles. The largest absolute Gasteiger partial charge is 0.493 e. The van der Waals surface area contributed by atoms with Crippen molar-refractivity contribution in [3.8, 4) is 11.5 Å². The van der Waals surface area contributed by atoms with Crippen LogP contribution in [0.5, 0.6) is 11.5 Å². The number of methoxy groups -OCH3 is 2. The summed E-state index contributed by atoms with van der Waals surface area (Å²) in [5.41, 5.74) is 4.11. The third-order valence-electron chi connectivity index (χ3n) is 3.48. The average Bonchev–Trinajstić information content (AvgIpc) is 3.04. The Balaban J connectivity index is 1.89. The summed E-state index contributed by atoms with van der Waals surface area (Å²) in [7, 11) is 3.05. The molecule has 0 bridgehead atoms. The Labute approximate surface area is 152 Å². The van der Waals surface area contributed by atoms with Crippen LogP contribution in [0.1, 0.15) is 10.4 Å². The zero-order chi connectivity index (χ0) is 18.0. The molecule has 0 saturated carbocycles. The third kappa shape index (κ3) is 3.46. The molecule has 9 heteroatoms. The van der Waals surface area contributed by atoms with Gasteiger partial charge in [-0.05, 0) is 30.3 Å². The molecule has 25 heavy (non-hydrogen) atoms. The molecule has 7 nitrogen and oxygen atoms in total. The summed E-state index contributed by atoms with van der Waals surface area (Å²) < 4.78 is 11.2. The van der Waals surface area contributed by atoms with Gasteiger partial charge < -0.3 is 14.8 Å². The van der Waals surface area contributed by atoms with Gasteiger partial charge >= 0.3 is 0 Å². The molecule has 1 amide bonds. The Hall–Kier alpha value is -2.55. The molecule has 0 saturated heterocycles. The first-order valence-electron chi connectivity index (χ1n) is 7.15. The van der Waals surface area contributed by atoms with E-state index in [0.717, 1.165) is 4.70 Å². The van der Waals surface area contributed by atoms with Crippen LogP contribution in [0.25, 0.3) is 10.2 Å². The van der Waals surface area contributed by atoms with Crippen molar-refractivity contribution in [1.29, 1.82) is 0 Å². The summed E-state index contributed by atoms with van der Waals surface area (Å²) in [6.45, 7) is 0. The van der Waals surface area contributed by atoms with Gasteiger partial charge in [0, 0.05) is 11.3 Å². The van der Waals surface area contributed by atoms with Crippen molar-refractivity contribution in [2.24, 2.45) is 5.84 Å². The molecule has 0 aliphatic rings. The first-order chi connectivity index (χ1) is 12.0. The van der Waals surface area contributed by atoms with Gasteiger partial charge in [0.25, 0.3) is 5.91 Å². The van der Waals surface area contributed by atoms with E-state index < -0.39 is 0 Å². The Kier molecular flexibility index (Phi) is 4.93. The van der Waals surface area contributed by atoms with Gasteiger partial charge in [0.05, 0.1) is 23.9 Å². The van der Waals surface area contributed by atoms with Crippen LogP contribution >= 0.6 is 22.9 Å². The van der Waals surface area contributed by atoms with E-state index in [-0.39, 0.29) is 5.91 Å². The zero-order valence-corrected chi connectivity index (χ0v) is 15.0. The van der Waals surface area contributed by atoms with E-state index in [9.17, 15) is 4.79 Å². The number of carbonyl (C=O) groups is 1. The zero-order valence-electron chi connectivity index (χ0n) is 13.4. The predicted molar refractivity (Wildman–Crippen MR) is 99.9 cm³/mol. The lowest BCUT2D eigenvalue weighted by Crippen LogP contribution is -2.12. The Morgan fingerprint density at radius 1 is 1.20 bits per heavy atom. The van der Waals surface area contributed by atoms with E-state index in [2.05, 4.69) is 15.7 Å². The van der Waals surface area contributed by atoms with Crippen LogP contribution in [0.3, 0.4) is 0 Å². The van der Waals surface area contributed by atoms with Crippen molar-refractivity contribution in [3.05, 3.63) is 40.9 Å². The smallest absolute Gasteiger partial charge is 0.255 e. The first-order valence-corrected chi connectivity index (χ1v) is 8.35. The van der Waals surface area contributed by atoms with E-state index in [1.54, 1.807) is 30.3 Å². The fraction of sp³-hybridized carbons (Fsp3) is 0.125. The molecule has 2 aromatic carbocycles. The van der Waals surface area contributed by atoms with Crippen LogP contribution in [0.15, 0.2) is 30.3 Å². The minimum Gasteiger partial charge on any atom is -0.493 e. The van der Waals surface area contributed by atoms with Gasteiger partial charge in [-0.3, -0.25) is 10.2 Å². The van der Waals surface area contributed by atoms with Gasteiger partial charge in [0.15, 0.2) is 16.6 Å². The maximum atomic E-state index is 12.5. The fourth-order valence-electron chi connectivity index (χ4n) is 2.30. The Morgan fingerprint density at radius 3 is 2.64 bits per heavy atom. The topological polar surface area (TPSA) is 98.5 Å². The second kappa shape index (κ2) is 7.14. The summed E-state index contributed by atoms with van der Waals surface area (Å²) in [5, 5.41) is 3.79. The van der Waals surface area contributed by atoms with Crippen molar-refractivity contribution in [1.82, 2.24) is 4.98 Å². The maximum Gasteiger partial charge on any atom is 0.255 e. The second-order valence-corrected chi connectivity index (χ2v) is 6.43. The van der Waals surface area contributed by atoms with Gasteiger partial charge in [-0.2, -0.15) is 0 Å². The molecule has 0 unspecified atom stereocenters. The molecule has 1 heterocycles. The lowest BCUT2D eigenvalue weighted by Gasteiger charge is -2.10. The molecule has 3 rings (SSSR count). The van der Waals surface area contributed by atoms with Crippen molar-refractivity contribution in [2.45, 2.75) is 0 Å². The minimum atomic E-state index is -0.293. The lowest BCUT2D eigenvalue weighted by atomic mass is 10.2. The number of nitrogens with zero attached hydrogens (tertiary/aromatic N) is 1. The summed E-state index contributed by atoms with van der Waals surface area (Å²) in [6.07, 6.45) is 0. The van der Waals surface area contributed by atoms with E-state index in [4.69, 9.17) is 26.9 Å². The van der Waals surface area contributed by atoms with Gasteiger partial charge in [0.1, 0.15) is 5.52 Å². The van der Waals surface area contributed by atoms with E-state index >= 15 is 0 Å². The van der Waals surface area contributed by atoms with Gasteiger partial charge in [-0.1, -0.05) is 22.9 Å². The molecule has 0 fully saturated rings. The highest BCUT2D eigenvalue weighted by atomic mass is 35.5. The van der Waals surface area contributed by atoms with Crippen molar-refractivity contribution in [3.63, 3.8) is 0 Å². The number of fused-ring (bicyclic) bond motifs is 1. The Bertz CT molecular complexity index is 945. The number of hydrogen-bond acceptors (Lipinski definition) is 7. The molecule has 130 valence electrons. The van der Waals surface area contributed by atoms with Gasteiger partial charge in [-0.25, -0.2) is 10.8 Å². The molecule has 0 atom stereocenters. The van der Waals surface area contributed by atoms with Crippen LogP contribution in [0.4, 0.5) is 10.8 Å². The van der Waals surface area contributed by atoms with Crippen molar-refractivity contribution in [2.75, 3.05) is 25.0 Å². The summed E-state index contributed by atoms with van der Waals surface area (Å²) >= 11 is 7.58. The molecular weight excluding hydrogens is 364 g/mol. The molecule has 1 aromatic heterocycles. The maximum absolute atomic E-state index is 12.5. The van der Waals surface area contributed by atoms with Crippen molar-refractivity contribution < 1.29 is 14.3 Å². The van der Waals surface area contributed by atoms with Gasteiger partial charge in [-0.15, -0.1) is 0 Å². The van der Waals surface area contributed by atoms with E-state index in [1.807, 2.05) is 0 Å². The monoisotopic (exact) mass is 378 g/mol. The lowest BCUT2D eigenvalue weighted by molar-refractivity contribution is 0.102. The number of nitrogen functional groups attached to an aromatic ring is 1. The fourth-order valence-corrected chi connectivity index (χ4v) is 3.46. The van der Waals surface area contributed by atoms with Gasteiger partial charge in [0.2, 0.25) is 0 Å². The number of halogens is 1. The number of nitrogens with two attached hydrogens (primary N) is 1. The van der Waals surface area contributed by atoms with Crippen LogP contribution in [-0.2, 0) is 0 Å². The molecule has 0 radical (unpaired) electrons. The number of carbonyl (C=O) groups excluding carboxylic acids is 1. The number of benzene rings is 2. The molecule has 0 spiro atoms. The number of hydrazine groups is 1. The minimum absolute atomic E-state index is 0.293. The molecular formula is C16H15ClN4O3S. The number of hydrogen-bond donors (Lipinski definition) is 3. The number of thiazole rings is 1.